The number of nitrogens with one attached hydrogen (secondary N) is 1. The summed E-state index contributed by atoms with van der Waals surface area (Å²) < 4.78 is 44.5. The van der Waals surface area contributed by atoms with Crippen molar-refractivity contribution in [1.29, 1.82) is 0 Å². The van der Waals surface area contributed by atoms with Crippen LogP contribution in [0.15, 0.2) is 23.1 Å². The molecule has 3 N–H and O–H groups in total. The molecular formula is C10H16N2O4S2. The fourth-order valence-corrected chi connectivity index (χ4v) is 2.43. The number of anilines is 2. The van der Waals surface area contributed by atoms with E-state index in [2.05, 4.69) is 5.32 Å². The first kappa shape index (κ1) is 14.8. The van der Waals surface area contributed by atoms with E-state index in [9.17, 15) is 16.8 Å². The average Bonchev–Trinajstić information content (AvgIpc) is 2.17. The van der Waals surface area contributed by atoms with Crippen molar-refractivity contribution in [3.63, 3.8) is 0 Å². The molecule has 0 aliphatic carbocycles. The van der Waals surface area contributed by atoms with Gasteiger partial charge in [0.25, 0.3) is 0 Å². The van der Waals surface area contributed by atoms with E-state index in [1.54, 1.807) is 0 Å². The van der Waals surface area contributed by atoms with Gasteiger partial charge in [-0.2, -0.15) is 0 Å². The van der Waals surface area contributed by atoms with E-state index >= 15 is 0 Å². The lowest BCUT2D eigenvalue weighted by Crippen LogP contribution is -2.15. The largest absolute Gasteiger partial charge is 0.397 e. The molecule has 0 saturated carbocycles. The van der Waals surface area contributed by atoms with Crippen molar-refractivity contribution in [3.05, 3.63) is 18.2 Å². The van der Waals surface area contributed by atoms with E-state index in [-0.39, 0.29) is 22.9 Å². The SMILES string of the molecule is CS(=O)(=O)CCNc1ccc(S(C)(=O)=O)cc1N. The van der Waals surface area contributed by atoms with Crippen LogP contribution >= 0.6 is 0 Å². The number of hydrogen-bond acceptors (Lipinski definition) is 6. The second kappa shape index (κ2) is 5.15. The molecule has 6 nitrogen and oxygen atoms in total. The van der Waals surface area contributed by atoms with Gasteiger partial charge in [-0.1, -0.05) is 0 Å². The molecular weight excluding hydrogens is 276 g/mol. The van der Waals surface area contributed by atoms with Gasteiger partial charge in [-0.15, -0.1) is 0 Å². The zero-order valence-corrected chi connectivity index (χ0v) is 11.8. The molecule has 0 heterocycles. The highest BCUT2D eigenvalue weighted by atomic mass is 32.2. The van der Waals surface area contributed by atoms with E-state index in [0.29, 0.717) is 5.69 Å². The maximum atomic E-state index is 11.3. The molecule has 0 aliphatic heterocycles. The second-order valence-electron chi connectivity index (χ2n) is 4.08. The standard InChI is InChI=1S/C10H16N2O4S2/c1-17(13,14)6-5-12-10-4-3-8(7-9(10)11)18(2,15)16/h3-4,7,12H,5-6,11H2,1-2H3. The van der Waals surface area contributed by atoms with Crippen molar-refractivity contribution in [1.82, 2.24) is 0 Å². The summed E-state index contributed by atoms with van der Waals surface area (Å²) in [6, 6.07) is 4.29. The molecule has 0 unspecified atom stereocenters. The zero-order chi connectivity index (χ0) is 14.0. The van der Waals surface area contributed by atoms with Crippen molar-refractivity contribution in [2.24, 2.45) is 0 Å². The van der Waals surface area contributed by atoms with Gasteiger partial charge in [0.1, 0.15) is 9.84 Å². The molecule has 102 valence electrons. The summed E-state index contributed by atoms with van der Waals surface area (Å²) in [6.45, 7) is 0.223. The summed E-state index contributed by atoms with van der Waals surface area (Å²) in [6.07, 6.45) is 2.24. The minimum atomic E-state index is -3.29. The highest BCUT2D eigenvalue weighted by Crippen LogP contribution is 2.22. The monoisotopic (exact) mass is 292 g/mol. The van der Waals surface area contributed by atoms with Crippen LogP contribution in [0, 0.1) is 0 Å². The Balaban J connectivity index is 2.81. The Labute approximate surface area is 107 Å². The van der Waals surface area contributed by atoms with Crippen molar-refractivity contribution in [2.75, 3.05) is 35.9 Å². The molecule has 0 saturated heterocycles. The third-order valence-corrected chi connectivity index (χ3v) is 4.30. The van der Waals surface area contributed by atoms with E-state index in [1.165, 1.54) is 18.2 Å². The Bertz CT molecular complexity index is 636. The third-order valence-electron chi connectivity index (χ3n) is 2.24. The minimum absolute atomic E-state index is 0.0136. The molecule has 1 rings (SSSR count). The van der Waals surface area contributed by atoms with Crippen LogP contribution in [0.5, 0.6) is 0 Å². The fourth-order valence-electron chi connectivity index (χ4n) is 1.30. The average molecular weight is 292 g/mol. The Kier molecular flexibility index (Phi) is 4.23. The lowest BCUT2D eigenvalue weighted by atomic mass is 10.2. The van der Waals surface area contributed by atoms with Gasteiger partial charge in [-0.25, -0.2) is 16.8 Å². The maximum Gasteiger partial charge on any atom is 0.175 e. The Morgan fingerprint density at radius 3 is 2.22 bits per heavy atom. The maximum absolute atomic E-state index is 11.3. The molecule has 0 radical (unpaired) electrons. The highest BCUT2D eigenvalue weighted by Gasteiger charge is 2.09. The van der Waals surface area contributed by atoms with Gasteiger partial charge in [0.2, 0.25) is 0 Å². The van der Waals surface area contributed by atoms with E-state index in [1.807, 2.05) is 0 Å². The highest BCUT2D eigenvalue weighted by molar-refractivity contribution is 7.91. The lowest BCUT2D eigenvalue weighted by Gasteiger charge is -2.09. The van der Waals surface area contributed by atoms with Gasteiger partial charge in [-0.05, 0) is 18.2 Å². The fraction of sp³-hybridized carbons (Fsp3) is 0.400. The number of nitrogens with two attached hydrogens (primary N) is 1. The van der Waals surface area contributed by atoms with Crippen molar-refractivity contribution in [2.45, 2.75) is 4.90 Å². The molecule has 18 heavy (non-hydrogen) atoms. The topological polar surface area (TPSA) is 106 Å². The van der Waals surface area contributed by atoms with Crippen molar-refractivity contribution in [3.8, 4) is 0 Å². The van der Waals surface area contributed by atoms with Crippen LogP contribution in [0.3, 0.4) is 0 Å². The summed E-state index contributed by atoms with van der Waals surface area (Å²) in [5.74, 6) is -0.0136. The van der Waals surface area contributed by atoms with Crippen LogP contribution in [-0.4, -0.2) is 41.6 Å². The second-order valence-corrected chi connectivity index (χ2v) is 8.35. The normalized spacial score (nSPS) is 12.3. The molecule has 0 fully saturated rings. The number of nitrogen functional groups attached to an aromatic ring is 1. The molecule has 8 heteroatoms. The summed E-state index contributed by atoms with van der Waals surface area (Å²) in [5.41, 5.74) is 6.48. The van der Waals surface area contributed by atoms with E-state index in [4.69, 9.17) is 5.73 Å². The van der Waals surface area contributed by atoms with Crippen molar-refractivity contribution < 1.29 is 16.8 Å². The van der Waals surface area contributed by atoms with Crippen LogP contribution in [0.25, 0.3) is 0 Å². The molecule has 0 bridgehead atoms. The van der Waals surface area contributed by atoms with Crippen molar-refractivity contribution >= 4 is 31.0 Å². The van der Waals surface area contributed by atoms with Gasteiger partial charge in [-0.3, -0.25) is 0 Å². The molecule has 0 aromatic heterocycles. The first-order valence-corrected chi connectivity index (χ1v) is 9.06. The molecule has 0 spiro atoms. The summed E-state index contributed by atoms with van der Waals surface area (Å²) in [5, 5.41) is 2.85. The predicted octanol–water partition coefficient (Wildman–Crippen LogP) is 0.129. The number of hydrogen-bond donors (Lipinski definition) is 2. The van der Waals surface area contributed by atoms with Crippen LogP contribution in [0.2, 0.25) is 0 Å². The smallest absolute Gasteiger partial charge is 0.175 e. The first-order valence-electron chi connectivity index (χ1n) is 5.11. The quantitative estimate of drug-likeness (QED) is 0.747. The Morgan fingerprint density at radius 1 is 1.17 bits per heavy atom. The van der Waals surface area contributed by atoms with Gasteiger partial charge >= 0.3 is 0 Å². The van der Waals surface area contributed by atoms with Crippen LogP contribution < -0.4 is 11.1 Å². The number of benzene rings is 1. The number of rotatable bonds is 5. The van der Waals surface area contributed by atoms with Gasteiger partial charge in [0.15, 0.2) is 9.84 Å². The predicted molar refractivity (Wildman–Crippen MR) is 72.2 cm³/mol. The Hall–Kier alpha value is -1.28. The van der Waals surface area contributed by atoms with E-state index in [0.717, 1.165) is 12.5 Å². The molecule has 0 atom stereocenters. The van der Waals surface area contributed by atoms with E-state index < -0.39 is 19.7 Å². The molecule has 1 aromatic rings. The number of sulfone groups is 2. The lowest BCUT2D eigenvalue weighted by molar-refractivity contribution is 0.600. The molecule has 0 amide bonds. The molecule has 0 aliphatic rings. The summed E-state index contributed by atoms with van der Waals surface area (Å²) >= 11 is 0. The first-order chi connectivity index (χ1) is 8.09. The van der Waals surface area contributed by atoms with Crippen LogP contribution in [0.4, 0.5) is 11.4 Å². The van der Waals surface area contributed by atoms with Crippen LogP contribution in [-0.2, 0) is 19.7 Å². The van der Waals surface area contributed by atoms with Gasteiger partial charge in [0.05, 0.1) is 22.0 Å². The van der Waals surface area contributed by atoms with Gasteiger partial charge in [0, 0.05) is 19.1 Å². The van der Waals surface area contributed by atoms with Crippen LogP contribution in [0.1, 0.15) is 0 Å². The summed E-state index contributed by atoms with van der Waals surface area (Å²) in [4.78, 5) is 0.133. The summed E-state index contributed by atoms with van der Waals surface area (Å²) in [7, 11) is -6.33. The Morgan fingerprint density at radius 2 is 1.78 bits per heavy atom. The zero-order valence-electron chi connectivity index (χ0n) is 10.2. The minimum Gasteiger partial charge on any atom is -0.397 e. The molecule has 1 aromatic carbocycles. The third kappa shape index (κ3) is 4.53. The van der Waals surface area contributed by atoms with Gasteiger partial charge < -0.3 is 11.1 Å².